The topological polar surface area (TPSA) is 41.3 Å². The van der Waals surface area contributed by atoms with Gasteiger partial charge in [0.15, 0.2) is 0 Å². The Balaban J connectivity index is 0.000000686. The van der Waals surface area contributed by atoms with Gasteiger partial charge in [-0.2, -0.15) is 0 Å². The Hall–Kier alpha value is -1.48. The third kappa shape index (κ3) is 3.24. The van der Waals surface area contributed by atoms with Crippen LogP contribution < -0.4 is 16.0 Å². The SMILES string of the molecule is C=Cc1c(N)cccc1N1CCNCC1.CC. The van der Waals surface area contributed by atoms with Crippen molar-refractivity contribution in [1.29, 1.82) is 0 Å². The molecule has 0 radical (unpaired) electrons. The van der Waals surface area contributed by atoms with E-state index in [1.165, 1.54) is 5.69 Å². The van der Waals surface area contributed by atoms with E-state index in [4.69, 9.17) is 5.73 Å². The second-order valence-corrected chi connectivity index (χ2v) is 3.72. The number of nitrogens with two attached hydrogens (primary N) is 1. The van der Waals surface area contributed by atoms with Crippen LogP contribution in [0.5, 0.6) is 0 Å². The standard InChI is InChI=1S/C12H17N3.C2H6/c1-2-10-11(13)4-3-5-12(10)15-8-6-14-7-9-15;1-2/h2-5,14H,1,6-9,13H2;1-2H3. The summed E-state index contributed by atoms with van der Waals surface area (Å²) in [5.74, 6) is 0. The van der Waals surface area contributed by atoms with Crippen molar-refractivity contribution < 1.29 is 0 Å². The predicted octanol–water partition coefficient (Wildman–Crippen LogP) is 2.35. The van der Waals surface area contributed by atoms with Crippen molar-refractivity contribution in [2.75, 3.05) is 36.8 Å². The van der Waals surface area contributed by atoms with Crippen LogP contribution in [-0.4, -0.2) is 26.2 Å². The molecule has 0 aliphatic carbocycles. The van der Waals surface area contributed by atoms with E-state index >= 15 is 0 Å². The Labute approximate surface area is 104 Å². The fourth-order valence-electron chi connectivity index (χ4n) is 1.97. The van der Waals surface area contributed by atoms with Gasteiger partial charge in [-0.1, -0.05) is 32.6 Å². The fraction of sp³-hybridized carbons (Fsp3) is 0.429. The van der Waals surface area contributed by atoms with Gasteiger partial charge in [0, 0.05) is 43.1 Å². The lowest BCUT2D eigenvalue weighted by Crippen LogP contribution is -2.43. The number of piperazine rings is 1. The summed E-state index contributed by atoms with van der Waals surface area (Å²) in [7, 11) is 0. The zero-order valence-corrected chi connectivity index (χ0v) is 10.9. The minimum atomic E-state index is 0.807. The molecule has 3 nitrogen and oxygen atoms in total. The molecule has 1 aliphatic heterocycles. The maximum absolute atomic E-state index is 5.93. The molecule has 0 spiro atoms. The lowest BCUT2D eigenvalue weighted by atomic mass is 10.1. The predicted molar refractivity (Wildman–Crippen MR) is 77.4 cm³/mol. The van der Waals surface area contributed by atoms with E-state index in [2.05, 4.69) is 22.9 Å². The third-order valence-corrected chi connectivity index (χ3v) is 2.78. The van der Waals surface area contributed by atoms with E-state index in [9.17, 15) is 0 Å². The number of nitrogens with one attached hydrogen (secondary N) is 1. The average molecular weight is 233 g/mol. The molecule has 1 aromatic carbocycles. The largest absolute Gasteiger partial charge is 0.398 e. The molecular weight excluding hydrogens is 210 g/mol. The Morgan fingerprint density at radius 2 is 1.94 bits per heavy atom. The van der Waals surface area contributed by atoms with Gasteiger partial charge in [0.1, 0.15) is 0 Å². The maximum atomic E-state index is 5.93. The number of anilines is 2. The number of nitrogens with zero attached hydrogens (tertiary/aromatic N) is 1. The van der Waals surface area contributed by atoms with Gasteiger partial charge >= 0.3 is 0 Å². The van der Waals surface area contributed by atoms with Crippen molar-refractivity contribution in [3.63, 3.8) is 0 Å². The molecule has 0 atom stereocenters. The average Bonchev–Trinajstić information content (AvgIpc) is 2.42. The summed E-state index contributed by atoms with van der Waals surface area (Å²) in [4.78, 5) is 2.35. The first-order valence-corrected chi connectivity index (χ1v) is 6.29. The van der Waals surface area contributed by atoms with Gasteiger partial charge in [-0.25, -0.2) is 0 Å². The molecule has 3 heteroatoms. The van der Waals surface area contributed by atoms with Crippen LogP contribution in [0.25, 0.3) is 6.08 Å². The minimum absolute atomic E-state index is 0.807. The molecule has 1 fully saturated rings. The summed E-state index contributed by atoms with van der Waals surface area (Å²) >= 11 is 0. The molecule has 1 aromatic rings. The van der Waals surface area contributed by atoms with Crippen LogP contribution in [-0.2, 0) is 0 Å². The second kappa shape index (κ2) is 6.97. The highest BCUT2D eigenvalue weighted by atomic mass is 15.2. The number of hydrogen-bond donors (Lipinski definition) is 2. The molecule has 17 heavy (non-hydrogen) atoms. The van der Waals surface area contributed by atoms with Gasteiger partial charge in [0.05, 0.1) is 0 Å². The van der Waals surface area contributed by atoms with Crippen LogP contribution >= 0.6 is 0 Å². The van der Waals surface area contributed by atoms with Gasteiger partial charge in [-0.05, 0) is 12.1 Å². The lowest BCUT2D eigenvalue weighted by Gasteiger charge is -2.31. The maximum Gasteiger partial charge on any atom is 0.0461 e. The smallest absolute Gasteiger partial charge is 0.0461 e. The Morgan fingerprint density at radius 1 is 1.29 bits per heavy atom. The minimum Gasteiger partial charge on any atom is -0.398 e. The van der Waals surface area contributed by atoms with Crippen molar-refractivity contribution >= 4 is 17.5 Å². The molecule has 1 heterocycles. The summed E-state index contributed by atoms with van der Waals surface area (Å²) in [6, 6.07) is 6.03. The van der Waals surface area contributed by atoms with Crippen molar-refractivity contribution in [2.24, 2.45) is 0 Å². The molecule has 0 bridgehead atoms. The highest BCUT2D eigenvalue weighted by molar-refractivity contribution is 5.76. The molecule has 0 saturated carbocycles. The first-order chi connectivity index (χ1) is 8.33. The second-order valence-electron chi connectivity index (χ2n) is 3.72. The quantitative estimate of drug-likeness (QED) is 0.770. The summed E-state index contributed by atoms with van der Waals surface area (Å²) in [6.45, 7) is 12.0. The van der Waals surface area contributed by atoms with E-state index in [0.717, 1.165) is 37.4 Å². The summed E-state index contributed by atoms with van der Waals surface area (Å²) in [5, 5.41) is 3.34. The van der Waals surface area contributed by atoms with Crippen LogP contribution in [0.2, 0.25) is 0 Å². The molecule has 2 rings (SSSR count). The number of nitrogen functional groups attached to an aromatic ring is 1. The van der Waals surface area contributed by atoms with Crippen molar-refractivity contribution in [2.45, 2.75) is 13.8 Å². The van der Waals surface area contributed by atoms with Crippen molar-refractivity contribution in [3.05, 3.63) is 30.3 Å². The van der Waals surface area contributed by atoms with Crippen LogP contribution in [0.4, 0.5) is 11.4 Å². The highest BCUT2D eigenvalue weighted by Gasteiger charge is 2.13. The monoisotopic (exact) mass is 233 g/mol. The van der Waals surface area contributed by atoms with Gasteiger partial charge in [0.2, 0.25) is 0 Å². The Morgan fingerprint density at radius 3 is 2.53 bits per heavy atom. The number of benzene rings is 1. The zero-order valence-electron chi connectivity index (χ0n) is 10.9. The molecule has 0 aromatic heterocycles. The van der Waals surface area contributed by atoms with Gasteiger partial charge in [-0.3, -0.25) is 0 Å². The zero-order chi connectivity index (χ0) is 12.7. The van der Waals surface area contributed by atoms with Crippen LogP contribution in [0.15, 0.2) is 24.8 Å². The van der Waals surface area contributed by atoms with Crippen LogP contribution in [0.3, 0.4) is 0 Å². The van der Waals surface area contributed by atoms with Gasteiger partial charge in [0.25, 0.3) is 0 Å². The van der Waals surface area contributed by atoms with E-state index in [-0.39, 0.29) is 0 Å². The van der Waals surface area contributed by atoms with Crippen LogP contribution in [0.1, 0.15) is 19.4 Å². The fourth-order valence-corrected chi connectivity index (χ4v) is 1.97. The molecule has 0 amide bonds. The van der Waals surface area contributed by atoms with Gasteiger partial charge < -0.3 is 16.0 Å². The normalized spacial score (nSPS) is 14.8. The highest BCUT2D eigenvalue weighted by Crippen LogP contribution is 2.26. The number of hydrogen-bond acceptors (Lipinski definition) is 3. The molecule has 94 valence electrons. The van der Waals surface area contributed by atoms with E-state index in [0.29, 0.717) is 0 Å². The molecule has 1 aliphatic rings. The third-order valence-electron chi connectivity index (χ3n) is 2.78. The van der Waals surface area contributed by atoms with E-state index in [1.54, 1.807) is 0 Å². The Kier molecular flexibility index (Phi) is 5.57. The van der Waals surface area contributed by atoms with Crippen molar-refractivity contribution in [1.82, 2.24) is 5.32 Å². The molecule has 3 N–H and O–H groups in total. The first kappa shape index (κ1) is 13.6. The Bertz CT molecular complexity index is 354. The van der Waals surface area contributed by atoms with Crippen molar-refractivity contribution in [3.8, 4) is 0 Å². The lowest BCUT2D eigenvalue weighted by molar-refractivity contribution is 0.589. The number of rotatable bonds is 2. The van der Waals surface area contributed by atoms with E-state index in [1.807, 2.05) is 32.1 Å². The summed E-state index contributed by atoms with van der Waals surface area (Å²) in [5.41, 5.74) is 8.99. The van der Waals surface area contributed by atoms with Gasteiger partial charge in [-0.15, -0.1) is 0 Å². The first-order valence-electron chi connectivity index (χ1n) is 6.29. The molecule has 1 saturated heterocycles. The molecule has 0 unspecified atom stereocenters. The van der Waals surface area contributed by atoms with Crippen LogP contribution in [0, 0.1) is 0 Å². The van der Waals surface area contributed by atoms with E-state index < -0.39 is 0 Å². The molecular formula is C14H23N3. The summed E-state index contributed by atoms with van der Waals surface area (Å²) < 4.78 is 0. The summed E-state index contributed by atoms with van der Waals surface area (Å²) in [6.07, 6.45) is 1.84.